The van der Waals surface area contributed by atoms with Crippen molar-refractivity contribution in [3.63, 3.8) is 0 Å². The molecule has 1 amide bonds. The van der Waals surface area contributed by atoms with Gasteiger partial charge in [-0.05, 0) is 37.0 Å². The van der Waals surface area contributed by atoms with Crippen LogP contribution in [0.15, 0.2) is 48.7 Å². The molecule has 29 heavy (non-hydrogen) atoms. The van der Waals surface area contributed by atoms with Gasteiger partial charge in [-0.15, -0.1) is 0 Å². The second-order valence-corrected chi connectivity index (χ2v) is 7.60. The molecule has 0 aliphatic carbocycles. The maximum atomic E-state index is 13.2. The summed E-state index contributed by atoms with van der Waals surface area (Å²) in [4.78, 5) is 18.6. The van der Waals surface area contributed by atoms with E-state index in [-0.39, 0.29) is 11.8 Å². The molecule has 1 aliphatic heterocycles. The van der Waals surface area contributed by atoms with Gasteiger partial charge in [-0.3, -0.25) is 4.79 Å². The Morgan fingerprint density at radius 2 is 1.83 bits per heavy atom. The molecule has 1 aliphatic rings. The van der Waals surface area contributed by atoms with Crippen molar-refractivity contribution in [1.82, 2.24) is 9.88 Å². The Bertz CT molecular complexity index is 989. The number of piperidine rings is 1. The first-order valence-corrected chi connectivity index (χ1v) is 10.3. The van der Waals surface area contributed by atoms with E-state index in [1.54, 1.807) is 14.2 Å². The summed E-state index contributed by atoms with van der Waals surface area (Å²) >= 11 is 0. The van der Waals surface area contributed by atoms with Crippen LogP contribution in [0.2, 0.25) is 0 Å². The van der Waals surface area contributed by atoms with Crippen LogP contribution in [0.3, 0.4) is 0 Å². The summed E-state index contributed by atoms with van der Waals surface area (Å²) in [5, 5.41) is 1.14. The molecule has 1 N–H and O–H groups in total. The lowest BCUT2D eigenvalue weighted by Crippen LogP contribution is -2.36. The number of para-hydroxylation sites is 1. The number of methoxy groups -OCH3 is 2. The monoisotopic (exact) mass is 392 g/mol. The number of hydrogen-bond acceptors (Lipinski definition) is 3. The van der Waals surface area contributed by atoms with Gasteiger partial charge in [0.1, 0.15) is 11.5 Å². The van der Waals surface area contributed by atoms with E-state index in [1.165, 1.54) is 6.42 Å². The molecule has 0 radical (unpaired) electrons. The number of aromatic nitrogens is 1. The zero-order chi connectivity index (χ0) is 20.2. The van der Waals surface area contributed by atoms with Gasteiger partial charge < -0.3 is 19.4 Å². The highest BCUT2D eigenvalue weighted by molar-refractivity contribution is 5.86. The number of likely N-dealkylation sites (tertiary alicyclic amines) is 1. The van der Waals surface area contributed by atoms with Gasteiger partial charge in [0, 0.05) is 54.2 Å². The third kappa shape index (κ3) is 3.95. The SMILES string of the molecule is COc1ccc([C@H](CC(=O)N2CCCCC2)c2c[nH]c3ccccc23)c(OC)c1. The first kappa shape index (κ1) is 19.4. The third-order valence-electron chi connectivity index (χ3n) is 5.90. The van der Waals surface area contributed by atoms with Crippen LogP contribution >= 0.6 is 0 Å². The van der Waals surface area contributed by atoms with Gasteiger partial charge >= 0.3 is 0 Å². The Morgan fingerprint density at radius 1 is 1.03 bits per heavy atom. The van der Waals surface area contributed by atoms with Gasteiger partial charge in [0.25, 0.3) is 0 Å². The van der Waals surface area contributed by atoms with E-state index < -0.39 is 0 Å². The van der Waals surface area contributed by atoms with E-state index in [1.807, 2.05) is 41.4 Å². The predicted molar refractivity (Wildman–Crippen MR) is 115 cm³/mol. The molecule has 2 heterocycles. The summed E-state index contributed by atoms with van der Waals surface area (Å²) in [7, 11) is 3.31. The Balaban J connectivity index is 1.76. The minimum Gasteiger partial charge on any atom is -0.497 e. The number of rotatable bonds is 6. The van der Waals surface area contributed by atoms with Crippen molar-refractivity contribution < 1.29 is 14.3 Å². The lowest BCUT2D eigenvalue weighted by Gasteiger charge is -2.29. The second-order valence-electron chi connectivity index (χ2n) is 7.60. The maximum absolute atomic E-state index is 13.2. The van der Waals surface area contributed by atoms with Crippen LogP contribution in [-0.2, 0) is 4.79 Å². The molecule has 0 spiro atoms. The fourth-order valence-corrected chi connectivity index (χ4v) is 4.32. The number of carbonyl (C=O) groups excluding carboxylic acids is 1. The molecule has 1 atom stereocenters. The summed E-state index contributed by atoms with van der Waals surface area (Å²) in [6, 6.07) is 14.1. The fourth-order valence-electron chi connectivity index (χ4n) is 4.32. The number of hydrogen-bond donors (Lipinski definition) is 1. The number of fused-ring (bicyclic) bond motifs is 1. The number of H-pyrrole nitrogens is 1. The number of nitrogens with zero attached hydrogens (tertiary/aromatic N) is 1. The van der Waals surface area contributed by atoms with Gasteiger partial charge in [0.2, 0.25) is 5.91 Å². The van der Waals surface area contributed by atoms with Crippen LogP contribution in [0.1, 0.15) is 42.7 Å². The maximum Gasteiger partial charge on any atom is 0.223 e. The molecule has 1 saturated heterocycles. The molecule has 0 unspecified atom stereocenters. The molecule has 5 nitrogen and oxygen atoms in total. The first-order valence-electron chi connectivity index (χ1n) is 10.3. The fraction of sp³-hybridized carbons (Fsp3) is 0.375. The molecule has 152 valence electrons. The molecular formula is C24H28N2O3. The van der Waals surface area contributed by atoms with Crippen LogP contribution in [0.5, 0.6) is 11.5 Å². The first-order chi connectivity index (χ1) is 14.2. The molecule has 1 aromatic heterocycles. The van der Waals surface area contributed by atoms with Gasteiger partial charge in [0.15, 0.2) is 0 Å². The largest absolute Gasteiger partial charge is 0.497 e. The number of carbonyl (C=O) groups is 1. The topological polar surface area (TPSA) is 54.6 Å². The minimum atomic E-state index is -0.0959. The van der Waals surface area contributed by atoms with Crippen LogP contribution in [0.25, 0.3) is 10.9 Å². The van der Waals surface area contributed by atoms with Crippen LogP contribution in [0.4, 0.5) is 0 Å². The number of benzene rings is 2. The van der Waals surface area contributed by atoms with Crippen molar-refractivity contribution in [3.05, 3.63) is 59.8 Å². The third-order valence-corrected chi connectivity index (χ3v) is 5.90. The number of ether oxygens (including phenoxy) is 2. The van der Waals surface area contributed by atoms with Crippen molar-refractivity contribution in [2.24, 2.45) is 0 Å². The lowest BCUT2D eigenvalue weighted by molar-refractivity contribution is -0.132. The van der Waals surface area contributed by atoms with Crippen molar-refractivity contribution in [2.75, 3.05) is 27.3 Å². The number of nitrogens with one attached hydrogen (secondary N) is 1. The standard InChI is InChI=1S/C24H28N2O3/c1-28-17-10-11-19(23(14-17)29-2)20(15-24(27)26-12-6-3-7-13-26)21-16-25-22-9-5-4-8-18(21)22/h4-5,8-11,14,16,20,25H,3,6-7,12-13,15H2,1-2H3/t20-/m0/s1. The highest BCUT2D eigenvalue weighted by atomic mass is 16.5. The highest BCUT2D eigenvalue weighted by Crippen LogP contribution is 2.39. The summed E-state index contributed by atoms with van der Waals surface area (Å²) < 4.78 is 11.1. The normalized spacial score (nSPS) is 15.3. The summed E-state index contributed by atoms with van der Waals surface area (Å²) in [6.45, 7) is 1.72. The smallest absolute Gasteiger partial charge is 0.223 e. The van der Waals surface area contributed by atoms with Crippen molar-refractivity contribution in [3.8, 4) is 11.5 Å². The minimum absolute atomic E-state index is 0.0959. The molecule has 0 saturated carbocycles. The average Bonchev–Trinajstić information content (AvgIpc) is 3.21. The number of aromatic amines is 1. The Hall–Kier alpha value is -2.95. The lowest BCUT2D eigenvalue weighted by atomic mass is 9.87. The second kappa shape index (κ2) is 8.60. The quantitative estimate of drug-likeness (QED) is 0.660. The highest BCUT2D eigenvalue weighted by Gasteiger charge is 2.27. The molecule has 1 fully saturated rings. The van der Waals surface area contributed by atoms with Crippen LogP contribution < -0.4 is 9.47 Å². The Morgan fingerprint density at radius 3 is 2.59 bits per heavy atom. The predicted octanol–water partition coefficient (Wildman–Crippen LogP) is 4.72. The van der Waals surface area contributed by atoms with E-state index >= 15 is 0 Å². The van der Waals surface area contributed by atoms with Gasteiger partial charge in [-0.25, -0.2) is 0 Å². The Labute approximate surface area is 171 Å². The molecule has 3 aromatic rings. The van der Waals surface area contributed by atoms with E-state index in [9.17, 15) is 4.79 Å². The molecular weight excluding hydrogens is 364 g/mol. The zero-order valence-electron chi connectivity index (χ0n) is 17.1. The van der Waals surface area contributed by atoms with E-state index in [0.29, 0.717) is 6.42 Å². The van der Waals surface area contributed by atoms with Crippen molar-refractivity contribution >= 4 is 16.8 Å². The van der Waals surface area contributed by atoms with E-state index in [4.69, 9.17) is 9.47 Å². The van der Waals surface area contributed by atoms with Gasteiger partial charge in [0.05, 0.1) is 14.2 Å². The molecule has 5 heteroatoms. The van der Waals surface area contributed by atoms with E-state index in [2.05, 4.69) is 17.1 Å². The number of amides is 1. The summed E-state index contributed by atoms with van der Waals surface area (Å²) in [5.41, 5.74) is 3.20. The summed E-state index contributed by atoms with van der Waals surface area (Å²) in [6.07, 6.45) is 5.85. The average molecular weight is 392 g/mol. The van der Waals surface area contributed by atoms with Crippen LogP contribution in [-0.4, -0.2) is 43.1 Å². The molecule has 0 bridgehead atoms. The van der Waals surface area contributed by atoms with Crippen molar-refractivity contribution in [1.29, 1.82) is 0 Å². The molecule has 4 rings (SSSR count). The van der Waals surface area contributed by atoms with Crippen LogP contribution in [0, 0.1) is 0 Å². The summed E-state index contributed by atoms with van der Waals surface area (Å²) in [5.74, 6) is 1.59. The zero-order valence-corrected chi connectivity index (χ0v) is 17.1. The molecule has 2 aromatic carbocycles. The van der Waals surface area contributed by atoms with E-state index in [0.717, 1.165) is 59.5 Å². The van der Waals surface area contributed by atoms with Gasteiger partial charge in [-0.1, -0.05) is 24.3 Å². The Kier molecular flexibility index (Phi) is 5.74. The van der Waals surface area contributed by atoms with Gasteiger partial charge in [-0.2, -0.15) is 0 Å². The van der Waals surface area contributed by atoms with Crippen molar-refractivity contribution in [2.45, 2.75) is 31.6 Å².